The van der Waals surface area contributed by atoms with E-state index >= 15 is 0 Å². The summed E-state index contributed by atoms with van der Waals surface area (Å²) in [5, 5.41) is 10.2. The fourth-order valence-corrected chi connectivity index (χ4v) is 5.35. The van der Waals surface area contributed by atoms with Crippen molar-refractivity contribution in [3.63, 3.8) is 0 Å². The Morgan fingerprint density at radius 1 is 1.18 bits per heavy atom. The number of carbonyl (C=O) groups is 1. The Morgan fingerprint density at radius 2 is 2.03 bits per heavy atom. The van der Waals surface area contributed by atoms with E-state index < -0.39 is 0 Å². The standard InChI is InChI=1S/C25H29N7O2/c1-15-9-21-20(23(28-30(21)4)18-11-26-29(3)12-18)10-19(15)24-22-13-31(16(2)33)6-7-32(22)25(27-24)17-5-8-34-14-17/h9-12,17H,5-8,13-14H2,1-4H3. The lowest BCUT2D eigenvalue weighted by Gasteiger charge is -2.29. The third-order valence-electron chi connectivity index (χ3n) is 7.21. The van der Waals surface area contributed by atoms with Crippen molar-refractivity contribution in [2.75, 3.05) is 19.8 Å². The molecule has 0 radical (unpaired) electrons. The first-order valence-corrected chi connectivity index (χ1v) is 11.8. The largest absolute Gasteiger partial charge is 0.381 e. The molecule has 9 heteroatoms. The van der Waals surface area contributed by atoms with Crippen molar-refractivity contribution in [2.45, 2.75) is 39.3 Å². The van der Waals surface area contributed by atoms with Gasteiger partial charge in [-0.25, -0.2) is 4.98 Å². The number of imidazole rings is 1. The van der Waals surface area contributed by atoms with Crippen LogP contribution < -0.4 is 0 Å². The van der Waals surface area contributed by atoms with E-state index in [1.165, 1.54) is 0 Å². The van der Waals surface area contributed by atoms with Crippen molar-refractivity contribution in [3.05, 3.63) is 41.6 Å². The van der Waals surface area contributed by atoms with E-state index in [0.717, 1.165) is 70.1 Å². The van der Waals surface area contributed by atoms with Crippen LogP contribution in [0.25, 0.3) is 33.4 Å². The number of hydrogen-bond donors (Lipinski definition) is 0. The van der Waals surface area contributed by atoms with Crippen LogP contribution in [0.2, 0.25) is 0 Å². The summed E-state index contributed by atoms with van der Waals surface area (Å²) in [4.78, 5) is 19.4. The van der Waals surface area contributed by atoms with Crippen LogP contribution in [-0.2, 0) is 36.7 Å². The first-order chi connectivity index (χ1) is 16.4. The molecule has 34 heavy (non-hydrogen) atoms. The maximum absolute atomic E-state index is 12.2. The minimum atomic E-state index is 0.0995. The summed E-state index contributed by atoms with van der Waals surface area (Å²) in [6.45, 7) is 7.30. The Kier molecular flexibility index (Phi) is 4.84. The van der Waals surface area contributed by atoms with Crippen molar-refractivity contribution in [2.24, 2.45) is 14.1 Å². The zero-order valence-corrected chi connectivity index (χ0v) is 20.1. The second-order valence-corrected chi connectivity index (χ2v) is 9.48. The molecular weight excluding hydrogens is 430 g/mol. The number of nitrogens with zero attached hydrogens (tertiary/aromatic N) is 7. The number of aromatic nitrogens is 6. The number of benzene rings is 1. The highest BCUT2D eigenvalue weighted by Gasteiger charge is 2.31. The third kappa shape index (κ3) is 3.26. The van der Waals surface area contributed by atoms with Gasteiger partial charge in [0.15, 0.2) is 0 Å². The normalized spacial score (nSPS) is 18.1. The molecule has 2 aliphatic heterocycles. The molecule has 0 spiro atoms. The number of carbonyl (C=O) groups excluding carboxylic acids is 1. The van der Waals surface area contributed by atoms with E-state index in [1.54, 1.807) is 11.6 Å². The number of fused-ring (bicyclic) bond motifs is 2. The van der Waals surface area contributed by atoms with Gasteiger partial charge >= 0.3 is 0 Å². The predicted molar refractivity (Wildman–Crippen MR) is 128 cm³/mol. The number of aryl methyl sites for hydroxylation is 3. The van der Waals surface area contributed by atoms with Crippen LogP contribution in [0.5, 0.6) is 0 Å². The quantitative estimate of drug-likeness (QED) is 0.470. The molecule has 2 aliphatic rings. The molecule has 1 fully saturated rings. The second kappa shape index (κ2) is 7.80. The monoisotopic (exact) mass is 459 g/mol. The molecule has 1 amide bonds. The average molecular weight is 460 g/mol. The number of rotatable bonds is 3. The summed E-state index contributed by atoms with van der Waals surface area (Å²) >= 11 is 0. The number of hydrogen-bond acceptors (Lipinski definition) is 5. The van der Waals surface area contributed by atoms with Gasteiger partial charge in [-0.1, -0.05) is 0 Å². The Labute approximate surface area is 197 Å². The van der Waals surface area contributed by atoms with E-state index in [2.05, 4.69) is 28.7 Å². The van der Waals surface area contributed by atoms with Crippen LogP contribution in [-0.4, -0.2) is 59.7 Å². The van der Waals surface area contributed by atoms with Crippen molar-refractivity contribution in [1.82, 2.24) is 34.0 Å². The van der Waals surface area contributed by atoms with E-state index in [4.69, 9.17) is 14.8 Å². The molecule has 5 heterocycles. The maximum Gasteiger partial charge on any atom is 0.219 e. The molecule has 176 valence electrons. The van der Waals surface area contributed by atoms with Gasteiger partial charge in [0.25, 0.3) is 0 Å². The van der Waals surface area contributed by atoms with E-state index in [9.17, 15) is 4.79 Å². The smallest absolute Gasteiger partial charge is 0.219 e. The van der Waals surface area contributed by atoms with Gasteiger partial charge < -0.3 is 14.2 Å². The number of amides is 1. The Morgan fingerprint density at radius 3 is 2.74 bits per heavy atom. The minimum Gasteiger partial charge on any atom is -0.381 e. The summed E-state index contributed by atoms with van der Waals surface area (Å²) in [5.74, 6) is 1.48. The van der Waals surface area contributed by atoms with Gasteiger partial charge in [0, 0.05) is 69.3 Å². The van der Waals surface area contributed by atoms with Crippen LogP contribution in [0.1, 0.15) is 36.3 Å². The van der Waals surface area contributed by atoms with Crippen LogP contribution >= 0.6 is 0 Å². The van der Waals surface area contributed by atoms with Gasteiger partial charge in [-0.3, -0.25) is 14.2 Å². The van der Waals surface area contributed by atoms with Gasteiger partial charge in [0.2, 0.25) is 5.91 Å². The van der Waals surface area contributed by atoms with Gasteiger partial charge in [-0.15, -0.1) is 0 Å². The maximum atomic E-state index is 12.2. The summed E-state index contributed by atoms with van der Waals surface area (Å²) < 4.78 is 11.7. The fraction of sp³-hybridized carbons (Fsp3) is 0.440. The van der Waals surface area contributed by atoms with E-state index in [0.29, 0.717) is 25.6 Å². The highest BCUT2D eigenvalue weighted by atomic mass is 16.5. The average Bonchev–Trinajstić information content (AvgIpc) is 3.60. The third-order valence-corrected chi connectivity index (χ3v) is 7.21. The van der Waals surface area contributed by atoms with Gasteiger partial charge in [-0.2, -0.15) is 10.2 Å². The van der Waals surface area contributed by atoms with Crippen molar-refractivity contribution < 1.29 is 9.53 Å². The lowest BCUT2D eigenvalue weighted by molar-refractivity contribution is -0.130. The lowest BCUT2D eigenvalue weighted by atomic mass is 9.99. The molecule has 0 N–H and O–H groups in total. The molecule has 3 aromatic heterocycles. The topological polar surface area (TPSA) is 83.0 Å². The highest BCUT2D eigenvalue weighted by molar-refractivity contribution is 5.96. The first-order valence-electron chi connectivity index (χ1n) is 11.8. The van der Waals surface area contributed by atoms with Gasteiger partial charge in [-0.05, 0) is 31.0 Å². The minimum absolute atomic E-state index is 0.0995. The molecule has 1 atom stereocenters. The zero-order chi connectivity index (χ0) is 23.6. The highest BCUT2D eigenvalue weighted by Crippen LogP contribution is 2.38. The Bertz CT molecular complexity index is 1420. The molecule has 0 saturated carbocycles. The van der Waals surface area contributed by atoms with Gasteiger partial charge in [0.05, 0.1) is 36.3 Å². The summed E-state index contributed by atoms with van der Waals surface area (Å²) in [5.41, 5.74) is 7.28. The molecule has 0 aliphatic carbocycles. The van der Waals surface area contributed by atoms with Crippen LogP contribution in [0.4, 0.5) is 0 Å². The predicted octanol–water partition coefficient (Wildman–Crippen LogP) is 3.01. The molecule has 9 nitrogen and oxygen atoms in total. The summed E-state index contributed by atoms with van der Waals surface area (Å²) in [6, 6.07) is 4.40. The SMILES string of the molecule is CC(=O)N1CCn2c(C3CCOC3)nc(-c3cc4c(-c5cnn(C)c5)nn(C)c4cc3C)c2C1. The molecule has 1 saturated heterocycles. The molecule has 4 aromatic rings. The molecule has 6 rings (SSSR count). The molecular formula is C25H29N7O2. The summed E-state index contributed by atoms with van der Waals surface area (Å²) in [6.07, 6.45) is 4.82. The summed E-state index contributed by atoms with van der Waals surface area (Å²) in [7, 11) is 3.89. The molecule has 1 aromatic carbocycles. The molecule has 0 bridgehead atoms. The van der Waals surface area contributed by atoms with Crippen molar-refractivity contribution in [3.8, 4) is 22.5 Å². The van der Waals surface area contributed by atoms with Crippen molar-refractivity contribution in [1.29, 1.82) is 0 Å². The van der Waals surface area contributed by atoms with Crippen LogP contribution in [0.15, 0.2) is 24.5 Å². The first kappa shape index (κ1) is 21.1. The van der Waals surface area contributed by atoms with Crippen LogP contribution in [0, 0.1) is 6.92 Å². The number of ether oxygens (including phenoxy) is 1. The van der Waals surface area contributed by atoms with Crippen LogP contribution in [0.3, 0.4) is 0 Å². The molecule has 1 unspecified atom stereocenters. The fourth-order valence-electron chi connectivity index (χ4n) is 5.35. The Balaban J connectivity index is 1.55. The van der Waals surface area contributed by atoms with E-state index in [1.807, 2.05) is 36.1 Å². The second-order valence-electron chi connectivity index (χ2n) is 9.48. The zero-order valence-electron chi connectivity index (χ0n) is 20.1. The lowest BCUT2D eigenvalue weighted by Crippen LogP contribution is -2.37. The van der Waals surface area contributed by atoms with Crippen molar-refractivity contribution >= 4 is 16.8 Å². The Hall–Kier alpha value is -3.46. The van der Waals surface area contributed by atoms with E-state index in [-0.39, 0.29) is 5.91 Å². The van der Waals surface area contributed by atoms with Gasteiger partial charge in [0.1, 0.15) is 11.5 Å².